The lowest BCUT2D eigenvalue weighted by molar-refractivity contribution is -0.107. The Bertz CT molecular complexity index is 375. The molecular weight excluding hydrogens is 184 g/mol. The van der Waals surface area contributed by atoms with Gasteiger partial charge in [-0.2, -0.15) is 0 Å². The Labute approximate surface area is 91.8 Å². The van der Waals surface area contributed by atoms with Crippen molar-refractivity contribution in [1.82, 2.24) is 0 Å². The maximum absolute atomic E-state index is 10.5. The Morgan fingerprint density at radius 3 is 2.67 bits per heavy atom. The average molecular weight is 202 g/mol. The standard InChI is InChI=1S/C14H18O/c1-4-14(12(3)8-9-15)13-7-5-6-11(2)10-13/h5-7,9-10H,4,8H2,1-3H3/b14-12-. The number of aldehydes is 1. The minimum atomic E-state index is 0.539. The van der Waals surface area contributed by atoms with Crippen LogP contribution in [0, 0.1) is 6.92 Å². The largest absolute Gasteiger partial charge is 0.303 e. The second kappa shape index (κ2) is 5.50. The Hall–Kier alpha value is -1.37. The van der Waals surface area contributed by atoms with Gasteiger partial charge in [-0.25, -0.2) is 0 Å². The summed E-state index contributed by atoms with van der Waals surface area (Å²) in [5.41, 5.74) is 4.98. The Morgan fingerprint density at radius 1 is 1.40 bits per heavy atom. The van der Waals surface area contributed by atoms with Crippen LogP contribution in [0.3, 0.4) is 0 Å². The molecule has 0 bridgehead atoms. The molecule has 0 radical (unpaired) electrons. The summed E-state index contributed by atoms with van der Waals surface area (Å²) in [6, 6.07) is 8.44. The zero-order valence-electron chi connectivity index (χ0n) is 9.71. The topological polar surface area (TPSA) is 17.1 Å². The van der Waals surface area contributed by atoms with Gasteiger partial charge < -0.3 is 4.79 Å². The van der Waals surface area contributed by atoms with Crippen LogP contribution in [-0.4, -0.2) is 6.29 Å². The van der Waals surface area contributed by atoms with E-state index in [-0.39, 0.29) is 0 Å². The highest BCUT2D eigenvalue weighted by Gasteiger charge is 2.03. The summed E-state index contributed by atoms with van der Waals surface area (Å²) in [6.45, 7) is 6.26. The summed E-state index contributed by atoms with van der Waals surface area (Å²) < 4.78 is 0. The summed E-state index contributed by atoms with van der Waals surface area (Å²) in [6.07, 6.45) is 2.49. The number of aryl methyl sites for hydroxylation is 1. The van der Waals surface area contributed by atoms with Gasteiger partial charge in [-0.1, -0.05) is 42.3 Å². The number of carbonyl (C=O) groups is 1. The molecule has 15 heavy (non-hydrogen) atoms. The number of benzene rings is 1. The van der Waals surface area contributed by atoms with Crippen LogP contribution in [0.2, 0.25) is 0 Å². The monoisotopic (exact) mass is 202 g/mol. The van der Waals surface area contributed by atoms with Crippen molar-refractivity contribution >= 4 is 11.9 Å². The van der Waals surface area contributed by atoms with Crippen LogP contribution in [0.5, 0.6) is 0 Å². The lowest BCUT2D eigenvalue weighted by atomic mass is 9.96. The average Bonchev–Trinajstić information content (AvgIpc) is 2.19. The van der Waals surface area contributed by atoms with Crippen LogP contribution in [0.25, 0.3) is 5.57 Å². The molecule has 0 aromatic heterocycles. The van der Waals surface area contributed by atoms with E-state index in [0.29, 0.717) is 6.42 Å². The summed E-state index contributed by atoms with van der Waals surface area (Å²) in [4.78, 5) is 10.5. The lowest BCUT2D eigenvalue weighted by Gasteiger charge is -2.09. The number of rotatable bonds is 4. The van der Waals surface area contributed by atoms with Crippen molar-refractivity contribution in [3.8, 4) is 0 Å². The first-order valence-corrected chi connectivity index (χ1v) is 5.38. The van der Waals surface area contributed by atoms with E-state index in [2.05, 4.69) is 38.1 Å². The van der Waals surface area contributed by atoms with Crippen LogP contribution in [-0.2, 0) is 4.79 Å². The Balaban J connectivity index is 3.12. The molecule has 0 amide bonds. The van der Waals surface area contributed by atoms with Gasteiger partial charge in [-0.05, 0) is 31.4 Å². The van der Waals surface area contributed by atoms with E-state index in [1.165, 1.54) is 22.3 Å². The summed E-state index contributed by atoms with van der Waals surface area (Å²) in [7, 11) is 0. The molecule has 0 heterocycles. The van der Waals surface area contributed by atoms with Crippen molar-refractivity contribution in [3.05, 3.63) is 41.0 Å². The third kappa shape index (κ3) is 3.05. The molecule has 0 spiro atoms. The number of carbonyl (C=O) groups excluding carboxylic acids is 1. The van der Waals surface area contributed by atoms with Crippen LogP contribution in [0.4, 0.5) is 0 Å². The predicted molar refractivity (Wildman–Crippen MR) is 64.7 cm³/mol. The van der Waals surface area contributed by atoms with E-state index in [4.69, 9.17) is 0 Å². The van der Waals surface area contributed by atoms with Gasteiger partial charge in [0.05, 0.1) is 0 Å². The number of hydrogen-bond donors (Lipinski definition) is 0. The van der Waals surface area contributed by atoms with Crippen molar-refractivity contribution < 1.29 is 4.79 Å². The highest BCUT2D eigenvalue weighted by molar-refractivity contribution is 5.72. The first kappa shape index (κ1) is 11.7. The third-order valence-electron chi connectivity index (χ3n) is 2.62. The van der Waals surface area contributed by atoms with Crippen molar-refractivity contribution in [3.63, 3.8) is 0 Å². The highest BCUT2D eigenvalue weighted by Crippen LogP contribution is 2.24. The zero-order chi connectivity index (χ0) is 11.3. The molecule has 1 nitrogen and oxygen atoms in total. The van der Waals surface area contributed by atoms with E-state index in [1.807, 2.05) is 6.92 Å². The van der Waals surface area contributed by atoms with Crippen molar-refractivity contribution in [2.45, 2.75) is 33.6 Å². The van der Waals surface area contributed by atoms with E-state index < -0.39 is 0 Å². The van der Waals surface area contributed by atoms with E-state index >= 15 is 0 Å². The Kier molecular flexibility index (Phi) is 4.29. The van der Waals surface area contributed by atoms with Gasteiger partial charge in [0, 0.05) is 6.42 Å². The summed E-state index contributed by atoms with van der Waals surface area (Å²) >= 11 is 0. The van der Waals surface area contributed by atoms with Gasteiger partial charge in [-0.3, -0.25) is 0 Å². The summed E-state index contributed by atoms with van der Waals surface area (Å²) in [5.74, 6) is 0. The van der Waals surface area contributed by atoms with E-state index in [0.717, 1.165) is 12.7 Å². The maximum atomic E-state index is 10.5. The molecule has 0 N–H and O–H groups in total. The molecule has 1 aromatic rings. The predicted octanol–water partition coefficient (Wildman–Crippen LogP) is 3.77. The first-order chi connectivity index (χ1) is 7.19. The molecule has 1 aromatic carbocycles. The molecular formula is C14H18O. The SMILES string of the molecule is CC/C(=C(\C)CC=O)c1cccc(C)c1. The summed E-state index contributed by atoms with van der Waals surface area (Å²) in [5, 5.41) is 0. The molecule has 0 aliphatic heterocycles. The minimum absolute atomic E-state index is 0.539. The molecule has 0 aliphatic carbocycles. The van der Waals surface area contributed by atoms with E-state index in [1.54, 1.807) is 0 Å². The zero-order valence-corrected chi connectivity index (χ0v) is 9.71. The molecule has 0 atom stereocenters. The fourth-order valence-corrected chi connectivity index (χ4v) is 1.83. The van der Waals surface area contributed by atoms with Crippen molar-refractivity contribution in [2.75, 3.05) is 0 Å². The molecule has 0 unspecified atom stereocenters. The fourth-order valence-electron chi connectivity index (χ4n) is 1.83. The lowest BCUT2D eigenvalue weighted by Crippen LogP contribution is -1.90. The maximum Gasteiger partial charge on any atom is 0.124 e. The highest BCUT2D eigenvalue weighted by atomic mass is 16.1. The third-order valence-corrected chi connectivity index (χ3v) is 2.62. The van der Waals surface area contributed by atoms with Crippen LogP contribution in [0.15, 0.2) is 29.8 Å². The normalized spacial score (nSPS) is 12.2. The molecule has 0 fully saturated rings. The Morgan fingerprint density at radius 2 is 2.13 bits per heavy atom. The molecule has 1 heteroatoms. The van der Waals surface area contributed by atoms with Gasteiger partial charge in [0.25, 0.3) is 0 Å². The van der Waals surface area contributed by atoms with Gasteiger partial charge in [-0.15, -0.1) is 0 Å². The molecule has 0 saturated heterocycles. The van der Waals surface area contributed by atoms with Gasteiger partial charge in [0.15, 0.2) is 0 Å². The molecule has 0 saturated carbocycles. The smallest absolute Gasteiger partial charge is 0.124 e. The number of allylic oxidation sites excluding steroid dienone is 2. The van der Waals surface area contributed by atoms with Gasteiger partial charge >= 0.3 is 0 Å². The molecule has 80 valence electrons. The van der Waals surface area contributed by atoms with Gasteiger partial charge in [0.1, 0.15) is 6.29 Å². The minimum Gasteiger partial charge on any atom is -0.303 e. The fraction of sp³-hybridized carbons (Fsp3) is 0.357. The molecule has 1 rings (SSSR count). The second-order valence-electron chi connectivity index (χ2n) is 3.85. The molecule has 0 aliphatic rings. The van der Waals surface area contributed by atoms with E-state index in [9.17, 15) is 4.79 Å². The first-order valence-electron chi connectivity index (χ1n) is 5.38. The van der Waals surface area contributed by atoms with Crippen molar-refractivity contribution in [2.24, 2.45) is 0 Å². The number of hydrogen-bond acceptors (Lipinski definition) is 1. The van der Waals surface area contributed by atoms with Gasteiger partial charge in [0.2, 0.25) is 0 Å². The quantitative estimate of drug-likeness (QED) is 0.679. The van der Waals surface area contributed by atoms with Crippen molar-refractivity contribution in [1.29, 1.82) is 0 Å². The van der Waals surface area contributed by atoms with Crippen LogP contribution >= 0.6 is 0 Å². The second-order valence-corrected chi connectivity index (χ2v) is 3.85. The van der Waals surface area contributed by atoms with Crippen LogP contribution in [0.1, 0.15) is 37.8 Å². The van der Waals surface area contributed by atoms with Crippen LogP contribution < -0.4 is 0 Å².